The van der Waals surface area contributed by atoms with Crippen molar-refractivity contribution in [2.75, 3.05) is 13.1 Å². The van der Waals surface area contributed by atoms with Crippen LogP contribution in [0.5, 0.6) is 0 Å². The molecule has 0 unspecified atom stereocenters. The minimum absolute atomic E-state index is 0.0514. The van der Waals surface area contributed by atoms with Gasteiger partial charge in [0.2, 0.25) is 5.91 Å². The summed E-state index contributed by atoms with van der Waals surface area (Å²) in [6, 6.07) is 14.8. The second-order valence-electron chi connectivity index (χ2n) is 5.30. The summed E-state index contributed by atoms with van der Waals surface area (Å²) in [6.45, 7) is 6.08. The first-order valence-electron chi connectivity index (χ1n) is 7.13. The number of rotatable bonds is 6. The summed E-state index contributed by atoms with van der Waals surface area (Å²) in [7, 11) is 0. The smallest absolute Gasteiger partial charge is 0.222 e. The van der Waals surface area contributed by atoms with Gasteiger partial charge in [0, 0.05) is 25.6 Å². The number of hydrogen-bond acceptors (Lipinski definition) is 2. The van der Waals surface area contributed by atoms with E-state index in [1.54, 1.807) is 0 Å². The van der Waals surface area contributed by atoms with E-state index in [1.807, 2.05) is 13.8 Å². The lowest BCUT2D eigenvalue weighted by Crippen LogP contribution is -2.34. The molecule has 2 N–H and O–H groups in total. The molecular weight excluding hydrogens is 248 g/mol. The summed E-state index contributed by atoms with van der Waals surface area (Å²) in [5.74, 6) is 0.160. The Morgan fingerprint density at radius 2 is 1.80 bits per heavy atom. The Bertz CT molecular complexity index is 578. The van der Waals surface area contributed by atoms with Gasteiger partial charge in [-0.25, -0.2) is 0 Å². The zero-order valence-electron chi connectivity index (χ0n) is 12.1. The topological polar surface area (TPSA) is 41.1 Å². The predicted octanol–water partition coefficient (Wildman–Crippen LogP) is 2.70. The summed E-state index contributed by atoms with van der Waals surface area (Å²) >= 11 is 0. The van der Waals surface area contributed by atoms with Gasteiger partial charge in [-0.05, 0) is 22.4 Å². The van der Waals surface area contributed by atoms with Gasteiger partial charge in [-0.3, -0.25) is 4.79 Å². The third kappa shape index (κ3) is 4.07. The van der Waals surface area contributed by atoms with Crippen LogP contribution in [0.1, 0.15) is 19.4 Å². The zero-order chi connectivity index (χ0) is 14.4. The Labute approximate surface area is 120 Å². The number of amides is 1. The first kappa shape index (κ1) is 14.5. The number of carbonyl (C=O) groups is 1. The fourth-order valence-corrected chi connectivity index (χ4v) is 2.06. The minimum Gasteiger partial charge on any atom is -0.355 e. The molecule has 0 heterocycles. The number of fused-ring (bicyclic) bond motifs is 1. The molecule has 2 aromatic carbocycles. The van der Waals surface area contributed by atoms with Gasteiger partial charge in [-0.2, -0.15) is 0 Å². The first-order chi connectivity index (χ1) is 9.66. The van der Waals surface area contributed by atoms with Crippen LogP contribution in [0.15, 0.2) is 42.5 Å². The number of carbonyl (C=O) groups excluding carboxylic acids is 1. The zero-order valence-corrected chi connectivity index (χ0v) is 12.1. The third-order valence-electron chi connectivity index (χ3n) is 3.27. The van der Waals surface area contributed by atoms with E-state index in [4.69, 9.17) is 0 Å². The normalized spacial score (nSPS) is 10.9. The number of hydrogen-bond donors (Lipinski definition) is 2. The van der Waals surface area contributed by atoms with E-state index < -0.39 is 0 Å². The van der Waals surface area contributed by atoms with Crippen LogP contribution in [0.3, 0.4) is 0 Å². The molecular formula is C17H22N2O. The maximum atomic E-state index is 11.4. The Hall–Kier alpha value is -1.87. The van der Waals surface area contributed by atoms with Crippen molar-refractivity contribution in [2.24, 2.45) is 5.92 Å². The highest BCUT2D eigenvalue weighted by Gasteiger charge is 2.04. The van der Waals surface area contributed by atoms with Crippen molar-refractivity contribution in [3.63, 3.8) is 0 Å². The quantitative estimate of drug-likeness (QED) is 0.792. The average Bonchev–Trinajstić information content (AvgIpc) is 2.46. The lowest BCUT2D eigenvalue weighted by atomic mass is 10.1. The van der Waals surface area contributed by atoms with Crippen molar-refractivity contribution < 1.29 is 4.79 Å². The van der Waals surface area contributed by atoms with Crippen LogP contribution >= 0.6 is 0 Å². The standard InChI is InChI=1S/C17H22N2O/c1-13(2)17(20)19-10-9-18-12-14-7-8-15-5-3-4-6-16(15)11-14/h3-8,11,13,18H,9-10,12H2,1-2H3,(H,19,20). The lowest BCUT2D eigenvalue weighted by molar-refractivity contribution is -0.123. The molecule has 106 valence electrons. The Kier molecular flexibility index (Phi) is 5.13. The van der Waals surface area contributed by atoms with Crippen LogP contribution in [0.25, 0.3) is 10.8 Å². The molecule has 2 aromatic rings. The van der Waals surface area contributed by atoms with Crippen LogP contribution in [0.4, 0.5) is 0 Å². The summed E-state index contributed by atoms with van der Waals surface area (Å²) in [5, 5.41) is 8.77. The van der Waals surface area contributed by atoms with Crippen LogP contribution in [-0.2, 0) is 11.3 Å². The van der Waals surface area contributed by atoms with Gasteiger partial charge in [0.1, 0.15) is 0 Å². The molecule has 3 heteroatoms. The van der Waals surface area contributed by atoms with E-state index in [1.165, 1.54) is 16.3 Å². The molecule has 2 rings (SSSR count). The van der Waals surface area contributed by atoms with E-state index in [0.29, 0.717) is 6.54 Å². The first-order valence-corrected chi connectivity index (χ1v) is 7.13. The van der Waals surface area contributed by atoms with Crippen molar-refractivity contribution in [3.05, 3.63) is 48.0 Å². The number of nitrogens with one attached hydrogen (secondary N) is 2. The molecule has 20 heavy (non-hydrogen) atoms. The van der Waals surface area contributed by atoms with Crippen molar-refractivity contribution in [2.45, 2.75) is 20.4 Å². The number of benzene rings is 2. The molecule has 0 radical (unpaired) electrons. The van der Waals surface area contributed by atoms with Gasteiger partial charge < -0.3 is 10.6 Å². The second kappa shape index (κ2) is 7.06. The second-order valence-corrected chi connectivity index (χ2v) is 5.30. The van der Waals surface area contributed by atoms with E-state index in [-0.39, 0.29) is 11.8 Å². The Morgan fingerprint density at radius 1 is 1.05 bits per heavy atom. The maximum absolute atomic E-state index is 11.4. The molecule has 0 aliphatic carbocycles. The average molecular weight is 270 g/mol. The van der Waals surface area contributed by atoms with Crippen molar-refractivity contribution in [1.82, 2.24) is 10.6 Å². The van der Waals surface area contributed by atoms with Crippen molar-refractivity contribution in [1.29, 1.82) is 0 Å². The molecule has 3 nitrogen and oxygen atoms in total. The molecule has 1 amide bonds. The SMILES string of the molecule is CC(C)C(=O)NCCNCc1ccc2ccccc2c1. The summed E-state index contributed by atoms with van der Waals surface area (Å²) in [5.41, 5.74) is 1.26. The highest BCUT2D eigenvalue weighted by Crippen LogP contribution is 2.15. The van der Waals surface area contributed by atoms with E-state index in [9.17, 15) is 4.79 Å². The fraction of sp³-hybridized carbons (Fsp3) is 0.353. The van der Waals surface area contributed by atoms with E-state index in [0.717, 1.165) is 13.1 Å². The summed E-state index contributed by atoms with van der Waals surface area (Å²) in [4.78, 5) is 11.4. The molecule has 0 spiro atoms. The van der Waals surface area contributed by atoms with Gasteiger partial charge in [-0.15, -0.1) is 0 Å². The van der Waals surface area contributed by atoms with Gasteiger partial charge >= 0.3 is 0 Å². The molecule has 0 atom stereocenters. The predicted molar refractivity (Wildman–Crippen MR) is 83.5 cm³/mol. The van der Waals surface area contributed by atoms with Crippen LogP contribution in [0, 0.1) is 5.92 Å². The van der Waals surface area contributed by atoms with Crippen LogP contribution in [0.2, 0.25) is 0 Å². The van der Waals surface area contributed by atoms with Gasteiger partial charge in [0.25, 0.3) is 0 Å². The Balaban J connectivity index is 1.77. The molecule has 0 saturated carbocycles. The summed E-state index contributed by atoms with van der Waals surface area (Å²) in [6.07, 6.45) is 0. The van der Waals surface area contributed by atoms with Crippen molar-refractivity contribution >= 4 is 16.7 Å². The maximum Gasteiger partial charge on any atom is 0.222 e. The molecule has 0 aromatic heterocycles. The Morgan fingerprint density at radius 3 is 2.55 bits per heavy atom. The molecule has 0 saturated heterocycles. The minimum atomic E-state index is 0.0514. The van der Waals surface area contributed by atoms with E-state index >= 15 is 0 Å². The highest BCUT2D eigenvalue weighted by molar-refractivity contribution is 5.83. The van der Waals surface area contributed by atoms with Crippen molar-refractivity contribution in [3.8, 4) is 0 Å². The largest absolute Gasteiger partial charge is 0.355 e. The lowest BCUT2D eigenvalue weighted by Gasteiger charge is -2.09. The van der Waals surface area contributed by atoms with Gasteiger partial charge in [-0.1, -0.05) is 50.2 Å². The fourth-order valence-electron chi connectivity index (χ4n) is 2.06. The van der Waals surface area contributed by atoms with Gasteiger partial charge in [0.05, 0.1) is 0 Å². The van der Waals surface area contributed by atoms with Gasteiger partial charge in [0.15, 0.2) is 0 Å². The van der Waals surface area contributed by atoms with E-state index in [2.05, 4.69) is 53.1 Å². The molecule has 0 bridgehead atoms. The van der Waals surface area contributed by atoms with Crippen LogP contribution < -0.4 is 10.6 Å². The monoisotopic (exact) mass is 270 g/mol. The molecule has 0 aliphatic heterocycles. The third-order valence-corrected chi connectivity index (χ3v) is 3.27. The molecule has 0 aliphatic rings. The van der Waals surface area contributed by atoms with Crippen LogP contribution in [-0.4, -0.2) is 19.0 Å². The molecule has 0 fully saturated rings. The highest BCUT2D eigenvalue weighted by atomic mass is 16.1. The summed E-state index contributed by atoms with van der Waals surface area (Å²) < 4.78 is 0.